The monoisotopic (exact) mass is 697 g/mol. The second-order valence-corrected chi connectivity index (χ2v) is 15.7. The number of hydrogen-bond donors (Lipinski definition) is 0. The molecule has 0 aliphatic carbocycles. The molecule has 0 spiro atoms. The van der Waals surface area contributed by atoms with Gasteiger partial charge in [0, 0.05) is 71.5 Å². The summed E-state index contributed by atoms with van der Waals surface area (Å²) in [4.78, 5) is 14.5. The average Bonchev–Trinajstić information content (AvgIpc) is 3.66. The van der Waals surface area contributed by atoms with Crippen LogP contribution in [0.5, 0.6) is 5.75 Å². The van der Waals surface area contributed by atoms with Gasteiger partial charge in [-0.05, 0) is 48.1 Å². The second kappa shape index (κ2) is 12.7. The van der Waals surface area contributed by atoms with Gasteiger partial charge in [-0.3, -0.25) is 9.36 Å². The molecule has 4 heterocycles. The van der Waals surface area contributed by atoms with Crippen molar-refractivity contribution in [1.82, 2.24) is 24.1 Å². The molecular weight excluding hydrogens is 659 g/mol. The molecule has 8 bridgehead atoms. The van der Waals surface area contributed by atoms with Crippen LogP contribution in [0.4, 0.5) is 0 Å². The summed E-state index contributed by atoms with van der Waals surface area (Å²) in [5, 5.41) is 12.3. The van der Waals surface area contributed by atoms with Gasteiger partial charge in [0.25, 0.3) is 0 Å². The summed E-state index contributed by atoms with van der Waals surface area (Å²) < 4.78 is 45.0. The summed E-state index contributed by atoms with van der Waals surface area (Å²) >= 11 is 1.64. The summed E-state index contributed by atoms with van der Waals surface area (Å²) in [6.07, 6.45) is 1.14. The smallest absolute Gasteiger partial charge is 0.354 e. The first kappa shape index (κ1) is 33.0. The number of methoxy groups -OCH3 is 1. The molecule has 10 nitrogen and oxygen atoms in total. The van der Waals surface area contributed by atoms with E-state index < -0.39 is 15.8 Å². The van der Waals surface area contributed by atoms with Gasteiger partial charge >= 0.3 is 5.97 Å². The van der Waals surface area contributed by atoms with E-state index >= 15 is 0 Å². The van der Waals surface area contributed by atoms with Crippen molar-refractivity contribution in [3.8, 4) is 16.9 Å². The van der Waals surface area contributed by atoms with E-state index in [9.17, 15) is 13.2 Å². The quantitative estimate of drug-likeness (QED) is 0.190. The Hall–Kier alpha value is -4.55. The summed E-state index contributed by atoms with van der Waals surface area (Å²) in [7, 11) is 3.26. The van der Waals surface area contributed by atoms with Crippen molar-refractivity contribution < 1.29 is 22.7 Å². The predicted molar refractivity (Wildman–Crippen MR) is 193 cm³/mol. The Balaban J connectivity index is 1.47. The number of aromatic nitrogens is 5. The van der Waals surface area contributed by atoms with Gasteiger partial charge in [-0.2, -0.15) is 10.2 Å². The third kappa shape index (κ3) is 5.90. The molecule has 0 unspecified atom stereocenters. The highest BCUT2D eigenvalue weighted by molar-refractivity contribution is 7.98. The van der Waals surface area contributed by atoms with Crippen molar-refractivity contribution >= 4 is 49.2 Å². The van der Waals surface area contributed by atoms with E-state index in [1.807, 2.05) is 50.8 Å². The molecule has 0 fully saturated rings. The van der Waals surface area contributed by atoms with Gasteiger partial charge in [0.15, 0.2) is 9.84 Å². The SMILES string of the molecule is CCc1ccc2c3c(C(=O)OC)n(C)c2c1-c1c(nn(C)c1C)CS(=O)(=O)Cc1cc(n(C)n1)CSc1cc(c2ccccc2c1)OCC3. The number of carbonyl (C=O) groups excluding carboxylic acids is 1. The molecule has 7 rings (SSSR count). The van der Waals surface area contributed by atoms with Crippen molar-refractivity contribution in [2.75, 3.05) is 13.7 Å². The summed E-state index contributed by atoms with van der Waals surface area (Å²) in [6, 6.07) is 18.3. The number of sulfone groups is 1. The fraction of sp³-hybridized carbons (Fsp3) is 0.324. The van der Waals surface area contributed by atoms with Crippen LogP contribution >= 0.6 is 11.8 Å². The molecule has 6 aromatic rings. The molecule has 0 saturated heterocycles. The van der Waals surface area contributed by atoms with Gasteiger partial charge in [0.05, 0.1) is 42.1 Å². The Morgan fingerprint density at radius 1 is 0.980 bits per heavy atom. The zero-order valence-electron chi connectivity index (χ0n) is 28.5. The molecule has 1 aliphatic rings. The Labute approximate surface area is 289 Å². The van der Waals surface area contributed by atoms with Gasteiger partial charge in [-0.15, -0.1) is 11.8 Å². The first-order chi connectivity index (χ1) is 23.5. The number of aryl methyl sites for hydroxylation is 4. The minimum absolute atomic E-state index is 0.208. The van der Waals surface area contributed by atoms with Crippen molar-refractivity contribution in [2.24, 2.45) is 21.1 Å². The van der Waals surface area contributed by atoms with Crippen molar-refractivity contribution in [1.29, 1.82) is 0 Å². The van der Waals surface area contributed by atoms with Crippen LogP contribution in [-0.4, -0.2) is 52.2 Å². The predicted octanol–water partition coefficient (Wildman–Crippen LogP) is 6.47. The van der Waals surface area contributed by atoms with E-state index in [2.05, 4.69) is 48.4 Å². The lowest BCUT2D eigenvalue weighted by atomic mass is 9.93. The van der Waals surface area contributed by atoms with Crippen LogP contribution in [0.3, 0.4) is 0 Å². The van der Waals surface area contributed by atoms with E-state index in [0.717, 1.165) is 66.0 Å². The van der Waals surface area contributed by atoms with Crippen LogP contribution in [0.15, 0.2) is 59.5 Å². The lowest BCUT2D eigenvalue weighted by molar-refractivity contribution is 0.0589. The third-order valence-electron chi connectivity index (χ3n) is 9.51. The molecule has 1 aliphatic heterocycles. The number of ether oxygens (including phenoxy) is 2. The number of fused-ring (bicyclic) bond motifs is 8. The molecule has 3 aromatic carbocycles. The number of nitrogens with zero attached hydrogens (tertiary/aromatic N) is 5. The highest BCUT2D eigenvalue weighted by Gasteiger charge is 2.29. The molecule has 0 N–H and O–H groups in total. The number of benzene rings is 3. The fourth-order valence-electron chi connectivity index (χ4n) is 7.09. The zero-order chi connectivity index (χ0) is 34.6. The third-order valence-corrected chi connectivity index (χ3v) is 12.0. The Morgan fingerprint density at radius 2 is 1.78 bits per heavy atom. The molecule has 0 saturated carbocycles. The summed E-state index contributed by atoms with van der Waals surface area (Å²) in [6.45, 7) is 4.35. The molecule has 0 radical (unpaired) electrons. The van der Waals surface area contributed by atoms with Crippen LogP contribution in [-0.2, 0) is 65.8 Å². The maximum absolute atomic E-state index is 13.9. The van der Waals surface area contributed by atoms with Crippen LogP contribution < -0.4 is 4.74 Å². The normalized spacial score (nSPS) is 14.9. The standard InChI is InChI=1S/C37H39N5O5S2/c1-7-23-12-13-29-30-14-15-47-32-18-27(16-24-10-8-9-11-28(24)32)48-19-26-17-25(38-42(26)5)20-49(44,45)21-31-33(22(2)41(4)39-31)34(23)35(29)40(3)36(30)37(43)46-6/h8-13,16-18H,7,14-15,19-21H2,1-6H3. The van der Waals surface area contributed by atoms with Crippen molar-refractivity contribution in [3.05, 3.63) is 94.2 Å². The molecule has 49 heavy (non-hydrogen) atoms. The zero-order valence-corrected chi connectivity index (χ0v) is 30.2. The topological polar surface area (TPSA) is 110 Å². The van der Waals surface area contributed by atoms with Gasteiger partial charge in [-0.1, -0.05) is 43.3 Å². The van der Waals surface area contributed by atoms with Gasteiger partial charge in [-0.25, -0.2) is 13.2 Å². The minimum atomic E-state index is -3.68. The van der Waals surface area contributed by atoms with E-state index in [-0.39, 0.29) is 11.5 Å². The van der Waals surface area contributed by atoms with Crippen LogP contribution in [0.2, 0.25) is 0 Å². The second-order valence-electron chi connectivity index (χ2n) is 12.6. The van der Waals surface area contributed by atoms with E-state index in [0.29, 0.717) is 42.3 Å². The summed E-state index contributed by atoms with van der Waals surface area (Å²) in [5.74, 6) is 0.458. The molecule has 0 amide bonds. The van der Waals surface area contributed by atoms with Crippen LogP contribution in [0.1, 0.15) is 51.3 Å². The number of carbonyl (C=O) groups is 1. The highest BCUT2D eigenvalue weighted by atomic mass is 32.2. The molecule has 0 atom stereocenters. The van der Waals surface area contributed by atoms with Gasteiger partial charge in [0.2, 0.25) is 0 Å². The fourth-order valence-corrected chi connectivity index (χ4v) is 9.38. The van der Waals surface area contributed by atoms with E-state index in [1.165, 1.54) is 7.11 Å². The average molecular weight is 698 g/mol. The number of hydrogen-bond acceptors (Lipinski definition) is 8. The molecular formula is C37H39N5O5S2. The minimum Gasteiger partial charge on any atom is -0.493 e. The number of rotatable bonds is 2. The Morgan fingerprint density at radius 3 is 2.55 bits per heavy atom. The Bertz CT molecular complexity index is 2390. The molecule has 12 heteroatoms. The lowest BCUT2D eigenvalue weighted by Crippen LogP contribution is -2.12. The number of esters is 1. The molecule has 3 aromatic heterocycles. The first-order valence-corrected chi connectivity index (χ1v) is 19.0. The van der Waals surface area contributed by atoms with E-state index in [1.54, 1.807) is 21.1 Å². The molecule has 254 valence electrons. The lowest BCUT2D eigenvalue weighted by Gasteiger charge is -2.14. The maximum Gasteiger partial charge on any atom is 0.354 e. The van der Waals surface area contributed by atoms with Crippen LogP contribution in [0, 0.1) is 6.92 Å². The van der Waals surface area contributed by atoms with Crippen molar-refractivity contribution in [3.63, 3.8) is 0 Å². The summed E-state index contributed by atoms with van der Waals surface area (Å²) in [5.41, 5.74) is 7.48. The largest absolute Gasteiger partial charge is 0.493 e. The van der Waals surface area contributed by atoms with Gasteiger partial charge < -0.3 is 14.0 Å². The van der Waals surface area contributed by atoms with Gasteiger partial charge in [0.1, 0.15) is 11.4 Å². The highest BCUT2D eigenvalue weighted by Crippen LogP contribution is 2.41. The first-order valence-electron chi connectivity index (χ1n) is 16.2. The Kier molecular flexibility index (Phi) is 8.56. The van der Waals surface area contributed by atoms with Crippen LogP contribution in [0.25, 0.3) is 32.8 Å². The van der Waals surface area contributed by atoms with Crippen molar-refractivity contribution in [2.45, 2.75) is 48.8 Å². The number of thioether (sulfide) groups is 1. The maximum atomic E-state index is 13.9. The van der Waals surface area contributed by atoms with E-state index in [4.69, 9.17) is 14.6 Å².